The van der Waals surface area contributed by atoms with E-state index in [1.54, 1.807) is 18.3 Å². The summed E-state index contributed by atoms with van der Waals surface area (Å²) in [4.78, 5) is 20.3. The van der Waals surface area contributed by atoms with Crippen molar-refractivity contribution in [2.24, 2.45) is 0 Å². The Morgan fingerprint density at radius 1 is 1.25 bits per heavy atom. The zero-order chi connectivity index (χ0) is 19.5. The van der Waals surface area contributed by atoms with Crippen molar-refractivity contribution in [1.82, 2.24) is 14.5 Å². The molecule has 0 aliphatic carbocycles. The summed E-state index contributed by atoms with van der Waals surface area (Å²) in [7, 11) is 0. The highest BCUT2D eigenvalue weighted by molar-refractivity contribution is 7.22. The number of thiophene rings is 1. The first-order valence-corrected chi connectivity index (χ1v) is 9.58. The molecule has 0 radical (unpaired) electrons. The van der Waals surface area contributed by atoms with Crippen LogP contribution in [0.2, 0.25) is 0 Å². The third kappa shape index (κ3) is 3.59. The van der Waals surface area contributed by atoms with Gasteiger partial charge in [0.2, 0.25) is 6.41 Å². The molecular formula is C20H17FN4O2S. The highest BCUT2D eigenvalue weighted by atomic mass is 32.1. The summed E-state index contributed by atoms with van der Waals surface area (Å²) in [5, 5.41) is 2.41. The zero-order valence-electron chi connectivity index (χ0n) is 15.1. The van der Waals surface area contributed by atoms with Gasteiger partial charge in [0.05, 0.1) is 27.1 Å². The Bertz CT molecular complexity index is 1140. The molecule has 3 heterocycles. The van der Waals surface area contributed by atoms with E-state index >= 15 is 0 Å². The van der Waals surface area contributed by atoms with Crippen LogP contribution in [0.1, 0.15) is 13.3 Å². The van der Waals surface area contributed by atoms with Crippen molar-refractivity contribution in [2.45, 2.75) is 19.9 Å². The minimum Gasteiger partial charge on any atom is -0.453 e. The molecule has 1 aromatic carbocycles. The molecule has 4 aromatic rings. The molecule has 142 valence electrons. The fourth-order valence-electron chi connectivity index (χ4n) is 2.85. The van der Waals surface area contributed by atoms with Crippen molar-refractivity contribution in [3.63, 3.8) is 0 Å². The number of hydrogen-bond acceptors (Lipinski definition) is 5. The summed E-state index contributed by atoms with van der Waals surface area (Å²) in [6, 6.07) is 7.93. The van der Waals surface area contributed by atoms with Gasteiger partial charge in [-0.15, -0.1) is 11.3 Å². The topological polar surface area (TPSA) is 69.0 Å². The highest BCUT2D eigenvalue weighted by Gasteiger charge is 2.14. The van der Waals surface area contributed by atoms with Gasteiger partial charge in [-0.25, -0.2) is 9.37 Å². The van der Waals surface area contributed by atoms with E-state index in [-0.39, 0.29) is 5.75 Å². The van der Waals surface area contributed by atoms with Gasteiger partial charge in [0.15, 0.2) is 11.6 Å². The second-order valence-corrected chi connectivity index (χ2v) is 7.19. The number of aryl methyl sites for hydroxylation is 1. The van der Waals surface area contributed by atoms with Crippen molar-refractivity contribution in [2.75, 3.05) is 5.32 Å². The molecule has 0 aliphatic heterocycles. The summed E-state index contributed by atoms with van der Waals surface area (Å²) in [6.45, 7) is 3.03. The van der Waals surface area contributed by atoms with Crippen molar-refractivity contribution in [3.8, 4) is 22.1 Å². The maximum Gasteiger partial charge on any atom is 0.211 e. The molecule has 1 amide bonds. The minimum atomic E-state index is -0.563. The molecule has 0 aliphatic rings. The van der Waals surface area contributed by atoms with Crippen LogP contribution in [0.3, 0.4) is 0 Å². The van der Waals surface area contributed by atoms with Crippen LogP contribution < -0.4 is 10.1 Å². The van der Waals surface area contributed by atoms with Crippen LogP contribution in [0.25, 0.3) is 20.8 Å². The number of carbonyl (C=O) groups excluding carboxylic acids is 1. The molecular weight excluding hydrogens is 379 g/mol. The van der Waals surface area contributed by atoms with E-state index in [0.29, 0.717) is 17.8 Å². The lowest BCUT2D eigenvalue weighted by atomic mass is 10.3. The first kappa shape index (κ1) is 18.1. The highest BCUT2D eigenvalue weighted by Crippen LogP contribution is 2.39. The van der Waals surface area contributed by atoms with Crippen LogP contribution >= 0.6 is 11.3 Å². The number of carbonyl (C=O) groups is 1. The van der Waals surface area contributed by atoms with Gasteiger partial charge in [-0.3, -0.25) is 9.78 Å². The molecule has 0 saturated heterocycles. The fourth-order valence-corrected chi connectivity index (χ4v) is 3.88. The van der Waals surface area contributed by atoms with E-state index in [1.165, 1.54) is 23.5 Å². The summed E-state index contributed by atoms with van der Waals surface area (Å²) < 4.78 is 23.0. The van der Waals surface area contributed by atoms with Crippen LogP contribution in [0, 0.1) is 5.82 Å². The lowest BCUT2D eigenvalue weighted by molar-refractivity contribution is -0.105. The van der Waals surface area contributed by atoms with E-state index in [9.17, 15) is 9.18 Å². The van der Waals surface area contributed by atoms with E-state index in [2.05, 4.69) is 26.8 Å². The SMILES string of the molecule is CCCn1cnc(-c2cc3nccc(Oc4ccc(NC=O)cc4F)c3s2)c1. The largest absolute Gasteiger partial charge is 0.453 e. The van der Waals surface area contributed by atoms with Crippen molar-refractivity contribution < 1.29 is 13.9 Å². The van der Waals surface area contributed by atoms with E-state index in [4.69, 9.17) is 4.74 Å². The van der Waals surface area contributed by atoms with Crippen molar-refractivity contribution in [3.05, 3.63) is 54.9 Å². The molecule has 6 nitrogen and oxygen atoms in total. The Kier molecular flexibility index (Phi) is 5.03. The second-order valence-electron chi connectivity index (χ2n) is 6.14. The summed E-state index contributed by atoms with van der Waals surface area (Å²) in [5.41, 5.74) is 2.00. The molecule has 28 heavy (non-hydrogen) atoms. The lowest BCUT2D eigenvalue weighted by Crippen LogP contribution is -1.95. The summed E-state index contributed by atoms with van der Waals surface area (Å²) in [5.74, 6) is 0.0299. The maximum absolute atomic E-state index is 14.3. The molecule has 1 N–H and O–H groups in total. The van der Waals surface area contributed by atoms with Crippen LogP contribution in [0.15, 0.2) is 49.1 Å². The predicted molar refractivity (Wildman–Crippen MR) is 107 cm³/mol. The fraction of sp³-hybridized carbons (Fsp3) is 0.150. The number of benzene rings is 1. The van der Waals surface area contributed by atoms with E-state index < -0.39 is 5.82 Å². The van der Waals surface area contributed by atoms with Gasteiger partial charge >= 0.3 is 0 Å². The standard InChI is InChI=1S/C20H17FN4O2S/c1-2-7-25-10-16(23-11-25)19-9-15-20(28-19)18(5-6-22-15)27-17-4-3-13(24-12-26)8-14(17)21/h3-6,8-12H,2,7H2,1H3,(H,24,26). The molecule has 0 bridgehead atoms. The average molecular weight is 396 g/mol. The number of hydrogen-bond donors (Lipinski definition) is 1. The smallest absolute Gasteiger partial charge is 0.211 e. The van der Waals surface area contributed by atoms with Gasteiger partial charge in [-0.2, -0.15) is 0 Å². The number of imidazole rings is 1. The van der Waals surface area contributed by atoms with Gasteiger partial charge in [0.25, 0.3) is 0 Å². The Labute approximate surface area is 164 Å². The number of aromatic nitrogens is 3. The third-order valence-corrected chi connectivity index (χ3v) is 5.28. The van der Waals surface area contributed by atoms with Crippen LogP contribution in [0.4, 0.5) is 10.1 Å². The molecule has 3 aromatic heterocycles. The quantitative estimate of drug-likeness (QED) is 0.443. The first-order valence-electron chi connectivity index (χ1n) is 8.76. The summed E-state index contributed by atoms with van der Waals surface area (Å²) in [6.07, 6.45) is 6.99. The Morgan fingerprint density at radius 3 is 2.93 bits per heavy atom. The Morgan fingerprint density at radius 2 is 2.14 bits per heavy atom. The van der Waals surface area contributed by atoms with Crippen LogP contribution in [0.5, 0.6) is 11.5 Å². The summed E-state index contributed by atoms with van der Waals surface area (Å²) >= 11 is 1.50. The normalized spacial score (nSPS) is 10.9. The third-order valence-electron chi connectivity index (χ3n) is 4.12. The molecule has 8 heteroatoms. The zero-order valence-corrected chi connectivity index (χ0v) is 15.9. The van der Waals surface area contributed by atoms with Crippen molar-refractivity contribution >= 4 is 33.7 Å². The number of fused-ring (bicyclic) bond motifs is 1. The monoisotopic (exact) mass is 396 g/mol. The van der Waals surface area contributed by atoms with Crippen LogP contribution in [-0.4, -0.2) is 20.9 Å². The predicted octanol–water partition coefficient (Wildman–Crippen LogP) is 5.07. The Hall–Kier alpha value is -3.26. The van der Waals surface area contributed by atoms with Gasteiger partial charge < -0.3 is 14.6 Å². The van der Waals surface area contributed by atoms with Crippen LogP contribution in [-0.2, 0) is 11.3 Å². The number of nitrogens with zero attached hydrogens (tertiary/aromatic N) is 3. The number of anilines is 1. The van der Waals surface area contributed by atoms with Gasteiger partial charge in [-0.1, -0.05) is 6.92 Å². The molecule has 0 atom stereocenters. The molecule has 0 fully saturated rings. The minimum absolute atomic E-state index is 0.0751. The molecule has 0 saturated carbocycles. The number of nitrogens with one attached hydrogen (secondary N) is 1. The average Bonchev–Trinajstić information content (AvgIpc) is 3.32. The lowest BCUT2D eigenvalue weighted by Gasteiger charge is -2.08. The Balaban J connectivity index is 1.66. The number of pyridine rings is 1. The second kappa shape index (κ2) is 7.77. The molecule has 0 unspecified atom stereocenters. The maximum atomic E-state index is 14.3. The number of amides is 1. The van der Waals surface area contributed by atoms with Gasteiger partial charge in [0, 0.05) is 36.8 Å². The van der Waals surface area contributed by atoms with Gasteiger partial charge in [0.1, 0.15) is 5.75 Å². The number of rotatable bonds is 7. The number of halogens is 1. The first-order chi connectivity index (χ1) is 13.7. The van der Waals surface area contributed by atoms with E-state index in [1.807, 2.05) is 18.6 Å². The number of ether oxygens (including phenoxy) is 1. The van der Waals surface area contributed by atoms with E-state index in [0.717, 1.165) is 33.8 Å². The molecule has 4 rings (SSSR count). The van der Waals surface area contributed by atoms with Crippen molar-refractivity contribution in [1.29, 1.82) is 0 Å². The molecule has 0 spiro atoms. The van der Waals surface area contributed by atoms with Gasteiger partial charge in [-0.05, 0) is 24.6 Å².